The Kier molecular flexibility index (Phi) is 4.60. The Morgan fingerprint density at radius 2 is 2.14 bits per heavy atom. The molecule has 0 spiro atoms. The summed E-state index contributed by atoms with van der Waals surface area (Å²) in [6.07, 6.45) is -0.00277. The van der Waals surface area contributed by atoms with Gasteiger partial charge in [0.1, 0.15) is 17.3 Å². The molecule has 0 saturated carbocycles. The molecule has 2 aromatic rings. The standard InChI is InChI=1S/C13H16N4O4/c1-20-9-4-3-8(10(5-9)21-2)7-14-12(18)6-11-15-13(19)17-16-11/h3-5H,6-7H2,1-2H3,(H,14,18)(H2,15,16,17,19). The van der Waals surface area contributed by atoms with Crippen LogP contribution in [0.15, 0.2) is 23.0 Å². The number of nitrogens with zero attached hydrogens (tertiary/aromatic N) is 1. The Morgan fingerprint density at radius 3 is 2.76 bits per heavy atom. The van der Waals surface area contributed by atoms with E-state index in [1.807, 2.05) is 6.07 Å². The van der Waals surface area contributed by atoms with Gasteiger partial charge in [-0.1, -0.05) is 0 Å². The van der Waals surface area contributed by atoms with Crippen LogP contribution >= 0.6 is 0 Å². The lowest BCUT2D eigenvalue weighted by atomic mass is 10.2. The molecule has 1 heterocycles. The molecule has 21 heavy (non-hydrogen) atoms. The van der Waals surface area contributed by atoms with Gasteiger partial charge in [0.15, 0.2) is 0 Å². The van der Waals surface area contributed by atoms with Gasteiger partial charge in [-0.25, -0.2) is 9.89 Å². The van der Waals surface area contributed by atoms with E-state index < -0.39 is 5.69 Å². The van der Waals surface area contributed by atoms with E-state index >= 15 is 0 Å². The number of rotatable bonds is 6. The maximum atomic E-state index is 11.8. The largest absolute Gasteiger partial charge is 0.497 e. The average molecular weight is 292 g/mol. The van der Waals surface area contributed by atoms with Gasteiger partial charge in [0, 0.05) is 18.2 Å². The zero-order valence-electron chi connectivity index (χ0n) is 11.7. The molecule has 0 atom stereocenters. The van der Waals surface area contributed by atoms with Crippen molar-refractivity contribution >= 4 is 5.91 Å². The molecule has 3 N–H and O–H groups in total. The third kappa shape index (κ3) is 3.85. The molecule has 8 heteroatoms. The minimum absolute atomic E-state index is 0.00277. The van der Waals surface area contributed by atoms with E-state index in [4.69, 9.17) is 9.47 Å². The average Bonchev–Trinajstić information content (AvgIpc) is 2.90. The number of carbonyl (C=O) groups excluding carboxylic acids is 1. The van der Waals surface area contributed by atoms with Crippen LogP contribution in [0.5, 0.6) is 11.5 Å². The first-order valence-corrected chi connectivity index (χ1v) is 6.23. The minimum Gasteiger partial charge on any atom is -0.497 e. The van der Waals surface area contributed by atoms with Gasteiger partial charge in [-0.15, -0.1) is 0 Å². The number of H-pyrrole nitrogens is 2. The van der Waals surface area contributed by atoms with E-state index in [1.165, 1.54) is 0 Å². The van der Waals surface area contributed by atoms with Crippen LogP contribution in [0.2, 0.25) is 0 Å². The highest BCUT2D eigenvalue weighted by molar-refractivity contribution is 5.77. The highest BCUT2D eigenvalue weighted by Gasteiger charge is 2.09. The molecule has 0 bridgehead atoms. The Balaban J connectivity index is 1.96. The fourth-order valence-electron chi connectivity index (χ4n) is 1.80. The minimum atomic E-state index is -0.436. The number of ether oxygens (including phenoxy) is 2. The summed E-state index contributed by atoms with van der Waals surface area (Å²) in [4.78, 5) is 25.0. The Morgan fingerprint density at radius 1 is 1.33 bits per heavy atom. The van der Waals surface area contributed by atoms with Crippen LogP contribution in [0.25, 0.3) is 0 Å². The van der Waals surface area contributed by atoms with Gasteiger partial charge < -0.3 is 14.8 Å². The molecule has 0 aliphatic rings. The van der Waals surface area contributed by atoms with Crippen LogP contribution in [0, 0.1) is 0 Å². The fourth-order valence-corrected chi connectivity index (χ4v) is 1.80. The number of carbonyl (C=O) groups is 1. The summed E-state index contributed by atoms with van der Waals surface area (Å²) >= 11 is 0. The number of nitrogens with one attached hydrogen (secondary N) is 3. The van der Waals surface area contributed by atoms with Gasteiger partial charge in [0.2, 0.25) is 5.91 Å². The van der Waals surface area contributed by atoms with E-state index in [0.29, 0.717) is 23.9 Å². The molecule has 0 unspecified atom stereocenters. The van der Waals surface area contributed by atoms with Crippen molar-refractivity contribution in [3.63, 3.8) is 0 Å². The van der Waals surface area contributed by atoms with Gasteiger partial charge >= 0.3 is 5.69 Å². The summed E-state index contributed by atoms with van der Waals surface area (Å²) in [5.41, 5.74) is 0.386. The summed E-state index contributed by atoms with van der Waals surface area (Å²) in [6, 6.07) is 5.34. The molecule has 0 aliphatic carbocycles. The number of aromatic amines is 2. The molecule has 0 saturated heterocycles. The van der Waals surface area contributed by atoms with Crippen LogP contribution in [0.3, 0.4) is 0 Å². The van der Waals surface area contributed by atoms with Gasteiger partial charge in [-0.2, -0.15) is 5.10 Å². The maximum Gasteiger partial charge on any atom is 0.340 e. The summed E-state index contributed by atoms with van der Waals surface area (Å²) in [7, 11) is 3.12. The SMILES string of the molecule is COc1ccc(CNC(=O)Cc2n[nH]c(=O)[nH]2)c(OC)c1. The molecular formula is C13H16N4O4. The van der Waals surface area contributed by atoms with Crippen LogP contribution in [-0.2, 0) is 17.8 Å². The Labute approximate surface area is 120 Å². The molecule has 0 radical (unpaired) electrons. The number of aromatic nitrogens is 3. The van der Waals surface area contributed by atoms with Crippen LogP contribution in [0.4, 0.5) is 0 Å². The first kappa shape index (κ1) is 14.6. The molecule has 1 aromatic carbocycles. The highest BCUT2D eigenvalue weighted by atomic mass is 16.5. The molecule has 0 fully saturated rings. The maximum absolute atomic E-state index is 11.8. The lowest BCUT2D eigenvalue weighted by Crippen LogP contribution is -2.25. The number of hydrogen-bond acceptors (Lipinski definition) is 5. The lowest BCUT2D eigenvalue weighted by molar-refractivity contribution is -0.120. The van der Waals surface area contributed by atoms with E-state index in [1.54, 1.807) is 26.4 Å². The van der Waals surface area contributed by atoms with Gasteiger partial charge in [-0.05, 0) is 12.1 Å². The molecule has 2 rings (SSSR count). The van der Waals surface area contributed by atoms with Crippen molar-refractivity contribution in [2.24, 2.45) is 0 Å². The third-order valence-corrected chi connectivity index (χ3v) is 2.85. The van der Waals surface area contributed by atoms with Crippen molar-refractivity contribution < 1.29 is 14.3 Å². The smallest absolute Gasteiger partial charge is 0.340 e. The monoisotopic (exact) mass is 292 g/mol. The van der Waals surface area contributed by atoms with Crippen LogP contribution < -0.4 is 20.5 Å². The second-order valence-corrected chi connectivity index (χ2v) is 4.26. The van der Waals surface area contributed by atoms with E-state index in [9.17, 15) is 9.59 Å². The van der Waals surface area contributed by atoms with Crippen LogP contribution in [-0.4, -0.2) is 35.3 Å². The Hall–Kier alpha value is -2.77. The van der Waals surface area contributed by atoms with Gasteiger partial charge in [0.05, 0.1) is 20.6 Å². The zero-order chi connectivity index (χ0) is 15.2. The fraction of sp³-hybridized carbons (Fsp3) is 0.308. The normalized spacial score (nSPS) is 10.2. The number of hydrogen-bond donors (Lipinski definition) is 3. The van der Waals surface area contributed by atoms with Crippen molar-refractivity contribution in [3.05, 3.63) is 40.1 Å². The van der Waals surface area contributed by atoms with Gasteiger partial charge in [-0.3, -0.25) is 9.78 Å². The summed E-state index contributed by atoms with van der Waals surface area (Å²) in [6.45, 7) is 0.306. The van der Waals surface area contributed by atoms with Crippen molar-refractivity contribution in [1.82, 2.24) is 20.5 Å². The summed E-state index contributed by atoms with van der Waals surface area (Å²) in [5, 5.41) is 8.61. The van der Waals surface area contributed by atoms with E-state index in [-0.39, 0.29) is 12.3 Å². The number of methoxy groups -OCH3 is 2. The first-order valence-electron chi connectivity index (χ1n) is 6.23. The van der Waals surface area contributed by atoms with Crippen molar-refractivity contribution in [1.29, 1.82) is 0 Å². The van der Waals surface area contributed by atoms with Gasteiger partial charge in [0.25, 0.3) is 0 Å². The zero-order valence-corrected chi connectivity index (χ0v) is 11.7. The topological polar surface area (TPSA) is 109 Å². The second-order valence-electron chi connectivity index (χ2n) is 4.26. The van der Waals surface area contributed by atoms with Crippen molar-refractivity contribution in [2.75, 3.05) is 14.2 Å². The molecule has 1 aromatic heterocycles. The van der Waals surface area contributed by atoms with Crippen LogP contribution in [0.1, 0.15) is 11.4 Å². The summed E-state index contributed by atoms with van der Waals surface area (Å²) < 4.78 is 10.4. The van der Waals surface area contributed by atoms with Crippen molar-refractivity contribution in [2.45, 2.75) is 13.0 Å². The van der Waals surface area contributed by atoms with Crippen molar-refractivity contribution in [3.8, 4) is 11.5 Å². The van der Waals surface area contributed by atoms with E-state index in [2.05, 4.69) is 20.5 Å². The number of amides is 1. The third-order valence-electron chi connectivity index (χ3n) is 2.85. The number of benzene rings is 1. The molecule has 1 amide bonds. The lowest BCUT2D eigenvalue weighted by Gasteiger charge is -2.11. The molecule has 8 nitrogen and oxygen atoms in total. The Bertz CT molecular complexity index is 677. The summed E-state index contributed by atoms with van der Waals surface area (Å²) in [5.74, 6) is 1.34. The molecule has 112 valence electrons. The predicted octanol–water partition coefficient (Wildman–Crippen LogP) is -0.0259. The molecular weight excluding hydrogens is 276 g/mol. The molecule has 0 aliphatic heterocycles. The first-order chi connectivity index (χ1) is 10.1. The quantitative estimate of drug-likeness (QED) is 0.693. The predicted molar refractivity (Wildman–Crippen MR) is 74.3 cm³/mol. The highest BCUT2D eigenvalue weighted by Crippen LogP contribution is 2.24. The van der Waals surface area contributed by atoms with E-state index in [0.717, 1.165) is 5.56 Å². The second kappa shape index (κ2) is 6.60.